The summed E-state index contributed by atoms with van der Waals surface area (Å²) in [5.74, 6) is -3.85. The smallest absolute Gasteiger partial charge is 0.338 e. The van der Waals surface area contributed by atoms with Crippen LogP contribution in [0, 0.1) is 11.6 Å². The first-order valence-corrected chi connectivity index (χ1v) is 5.72. The number of hydrogen-bond donors (Lipinski definition) is 4. The Kier molecular flexibility index (Phi) is 4.12. The molecule has 0 aliphatic rings. The lowest BCUT2D eigenvalue weighted by Gasteiger charge is -2.09. The number of carboxylic acids is 1. The van der Waals surface area contributed by atoms with E-state index in [-0.39, 0.29) is 6.54 Å². The van der Waals surface area contributed by atoms with Crippen molar-refractivity contribution in [2.45, 2.75) is 6.54 Å². The number of urea groups is 1. The molecule has 2 rings (SSSR count). The number of aromatic carboxylic acids is 1. The molecule has 0 atom stereocenters. The number of carbonyl (C=O) groups is 2. The third kappa shape index (κ3) is 3.53. The van der Waals surface area contributed by atoms with E-state index in [2.05, 4.69) is 20.8 Å². The SMILES string of the molecule is O=C(NCc1cn[nH]c1)Nc1cc(C(=O)O)c(F)cc1F. The molecule has 2 amide bonds. The minimum Gasteiger partial charge on any atom is -0.478 e. The van der Waals surface area contributed by atoms with Crippen LogP contribution in [0.15, 0.2) is 24.5 Å². The highest BCUT2D eigenvalue weighted by Crippen LogP contribution is 2.19. The normalized spacial score (nSPS) is 10.2. The molecule has 0 saturated carbocycles. The van der Waals surface area contributed by atoms with Crippen LogP contribution < -0.4 is 10.6 Å². The van der Waals surface area contributed by atoms with Gasteiger partial charge in [0, 0.05) is 24.4 Å². The molecule has 110 valence electrons. The molecule has 1 aromatic carbocycles. The molecule has 0 bridgehead atoms. The van der Waals surface area contributed by atoms with Gasteiger partial charge in [0.2, 0.25) is 0 Å². The zero-order valence-electron chi connectivity index (χ0n) is 10.5. The van der Waals surface area contributed by atoms with Gasteiger partial charge in [-0.2, -0.15) is 5.10 Å². The van der Waals surface area contributed by atoms with Gasteiger partial charge in [-0.05, 0) is 6.07 Å². The summed E-state index contributed by atoms with van der Waals surface area (Å²) in [5.41, 5.74) is -0.476. The number of carboxylic acid groups (broad SMARTS) is 1. The molecule has 1 heterocycles. The highest BCUT2D eigenvalue weighted by Gasteiger charge is 2.16. The summed E-state index contributed by atoms with van der Waals surface area (Å²) in [7, 11) is 0. The zero-order chi connectivity index (χ0) is 15.4. The molecule has 0 aliphatic carbocycles. The summed E-state index contributed by atoms with van der Waals surface area (Å²) in [6.07, 6.45) is 3.04. The van der Waals surface area contributed by atoms with Gasteiger partial charge in [0.25, 0.3) is 0 Å². The predicted molar refractivity (Wildman–Crippen MR) is 67.8 cm³/mol. The zero-order valence-corrected chi connectivity index (χ0v) is 10.5. The lowest BCUT2D eigenvalue weighted by molar-refractivity contribution is 0.0692. The van der Waals surface area contributed by atoms with E-state index >= 15 is 0 Å². The van der Waals surface area contributed by atoms with Gasteiger partial charge in [-0.25, -0.2) is 18.4 Å². The quantitative estimate of drug-likeness (QED) is 0.689. The fraction of sp³-hybridized carbons (Fsp3) is 0.0833. The topological polar surface area (TPSA) is 107 Å². The molecule has 21 heavy (non-hydrogen) atoms. The fourth-order valence-electron chi connectivity index (χ4n) is 1.53. The first kappa shape index (κ1) is 14.4. The second kappa shape index (κ2) is 5.99. The Morgan fingerprint density at radius 2 is 2.05 bits per heavy atom. The highest BCUT2D eigenvalue weighted by atomic mass is 19.1. The monoisotopic (exact) mass is 296 g/mol. The Morgan fingerprint density at radius 1 is 1.29 bits per heavy atom. The summed E-state index contributed by atoms with van der Waals surface area (Å²) in [6, 6.07) is 0.345. The van der Waals surface area contributed by atoms with Crippen LogP contribution in [0.25, 0.3) is 0 Å². The van der Waals surface area contributed by atoms with Crippen LogP contribution in [0.2, 0.25) is 0 Å². The number of nitrogens with zero attached hydrogens (tertiary/aromatic N) is 1. The minimum absolute atomic E-state index is 0.136. The van der Waals surface area contributed by atoms with Gasteiger partial charge in [-0.15, -0.1) is 0 Å². The van der Waals surface area contributed by atoms with E-state index < -0.39 is 34.9 Å². The first-order valence-electron chi connectivity index (χ1n) is 5.72. The van der Waals surface area contributed by atoms with E-state index in [1.165, 1.54) is 6.20 Å². The molecule has 0 fully saturated rings. The summed E-state index contributed by atoms with van der Waals surface area (Å²) >= 11 is 0. The van der Waals surface area contributed by atoms with Crippen LogP contribution in [0.1, 0.15) is 15.9 Å². The van der Waals surface area contributed by atoms with Gasteiger partial charge in [0.15, 0.2) is 0 Å². The molecule has 9 heteroatoms. The standard InChI is InChI=1S/C12H10F2N4O3/c13-8-2-9(14)10(1-7(8)11(19)20)18-12(21)15-3-6-4-16-17-5-6/h1-2,4-5H,3H2,(H,16,17)(H,19,20)(H2,15,18,21). The molecule has 7 nitrogen and oxygen atoms in total. The molecule has 0 radical (unpaired) electrons. The number of aromatic amines is 1. The van der Waals surface area contributed by atoms with Gasteiger partial charge in [-0.1, -0.05) is 0 Å². The van der Waals surface area contributed by atoms with Crippen LogP contribution in [0.3, 0.4) is 0 Å². The Labute approximate surface area is 117 Å². The van der Waals surface area contributed by atoms with Crippen molar-refractivity contribution in [1.29, 1.82) is 0 Å². The third-order valence-corrected chi connectivity index (χ3v) is 2.54. The van der Waals surface area contributed by atoms with Crippen molar-refractivity contribution in [1.82, 2.24) is 15.5 Å². The number of halogens is 2. The van der Waals surface area contributed by atoms with Gasteiger partial charge in [0.05, 0.1) is 17.4 Å². The number of anilines is 1. The number of rotatable bonds is 4. The molecule has 0 saturated heterocycles. The van der Waals surface area contributed by atoms with E-state index in [4.69, 9.17) is 5.11 Å². The number of hydrogen-bond acceptors (Lipinski definition) is 3. The Hall–Kier alpha value is -2.97. The number of benzene rings is 1. The first-order chi connectivity index (χ1) is 9.97. The number of amides is 2. The average Bonchev–Trinajstić information content (AvgIpc) is 2.92. The molecular formula is C12H10F2N4O3. The maximum absolute atomic E-state index is 13.5. The van der Waals surface area contributed by atoms with Crippen molar-refractivity contribution in [3.8, 4) is 0 Å². The predicted octanol–water partition coefficient (Wildman–Crippen LogP) is 1.71. The summed E-state index contributed by atoms with van der Waals surface area (Å²) in [5, 5.41) is 19.5. The second-order valence-corrected chi connectivity index (χ2v) is 4.03. The average molecular weight is 296 g/mol. The van der Waals surface area contributed by atoms with Gasteiger partial charge < -0.3 is 15.7 Å². The Balaban J connectivity index is 2.06. The molecule has 4 N–H and O–H groups in total. The summed E-state index contributed by atoms with van der Waals surface area (Å²) in [4.78, 5) is 22.3. The Bertz CT molecular complexity index is 673. The third-order valence-electron chi connectivity index (χ3n) is 2.54. The minimum atomic E-state index is -1.56. The lowest BCUT2D eigenvalue weighted by Crippen LogP contribution is -2.28. The van der Waals surface area contributed by atoms with E-state index in [0.29, 0.717) is 17.7 Å². The number of nitrogens with one attached hydrogen (secondary N) is 3. The van der Waals surface area contributed by atoms with Crippen LogP contribution in [-0.2, 0) is 6.54 Å². The molecule has 0 aliphatic heterocycles. The van der Waals surface area contributed by atoms with Gasteiger partial charge in [-0.3, -0.25) is 5.10 Å². The van der Waals surface area contributed by atoms with Crippen molar-refractivity contribution in [2.24, 2.45) is 0 Å². The number of H-pyrrole nitrogens is 1. The molecular weight excluding hydrogens is 286 g/mol. The van der Waals surface area contributed by atoms with Gasteiger partial charge in [0.1, 0.15) is 11.6 Å². The van der Waals surface area contributed by atoms with Crippen LogP contribution in [-0.4, -0.2) is 27.3 Å². The molecule has 1 aromatic heterocycles. The maximum Gasteiger partial charge on any atom is 0.338 e. The van der Waals surface area contributed by atoms with Crippen LogP contribution in [0.5, 0.6) is 0 Å². The largest absolute Gasteiger partial charge is 0.478 e. The van der Waals surface area contributed by atoms with E-state index in [9.17, 15) is 18.4 Å². The van der Waals surface area contributed by atoms with Crippen LogP contribution >= 0.6 is 0 Å². The van der Waals surface area contributed by atoms with E-state index in [0.717, 1.165) is 0 Å². The van der Waals surface area contributed by atoms with E-state index in [1.54, 1.807) is 6.20 Å². The van der Waals surface area contributed by atoms with Crippen molar-refractivity contribution >= 4 is 17.7 Å². The highest BCUT2D eigenvalue weighted by molar-refractivity contribution is 5.93. The number of carbonyl (C=O) groups excluding carboxylic acids is 1. The maximum atomic E-state index is 13.5. The Morgan fingerprint density at radius 3 is 2.67 bits per heavy atom. The molecule has 0 unspecified atom stereocenters. The van der Waals surface area contributed by atoms with E-state index in [1.807, 2.05) is 0 Å². The van der Waals surface area contributed by atoms with Crippen molar-refractivity contribution in [3.63, 3.8) is 0 Å². The fourth-order valence-corrected chi connectivity index (χ4v) is 1.53. The lowest BCUT2D eigenvalue weighted by atomic mass is 10.2. The van der Waals surface area contributed by atoms with Crippen molar-refractivity contribution in [3.05, 3.63) is 47.3 Å². The van der Waals surface area contributed by atoms with Crippen molar-refractivity contribution in [2.75, 3.05) is 5.32 Å². The number of aromatic nitrogens is 2. The summed E-state index contributed by atoms with van der Waals surface area (Å²) in [6.45, 7) is 0.136. The van der Waals surface area contributed by atoms with Gasteiger partial charge >= 0.3 is 12.0 Å². The molecule has 2 aromatic rings. The van der Waals surface area contributed by atoms with Crippen molar-refractivity contribution < 1.29 is 23.5 Å². The van der Waals surface area contributed by atoms with Crippen LogP contribution in [0.4, 0.5) is 19.3 Å². The second-order valence-electron chi connectivity index (χ2n) is 4.03. The molecule has 0 spiro atoms. The summed E-state index contributed by atoms with van der Waals surface area (Å²) < 4.78 is 26.7.